The van der Waals surface area contributed by atoms with E-state index in [0.717, 1.165) is 35.5 Å². The summed E-state index contributed by atoms with van der Waals surface area (Å²) in [5.74, 6) is 4.86. The Morgan fingerprint density at radius 2 is 1.08 bits per heavy atom. The average Bonchev–Trinajstić information content (AvgIpc) is 2.43. The summed E-state index contributed by atoms with van der Waals surface area (Å²) in [7, 11) is 0. The van der Waals surface area contributed by atoms with Gasteiger partial charge in [0.05, 0.1) is 0 Å². The fraction of sp³-hybridized carbons (Fsp3) is 1.00. The maximum absolute atomic E-state index is 3.86. The Balaban J connectivity index is 2.55. The lowest BCUT2D eigenvalue weighted by Gasteiger charge is -2.62. The molecular weight excluding hydrogens is 302 g/mol. The van der Waals surface area contributed by atoms with Crippen molar-refractivity contribution in [1.82, 2.24) is 5.32 Å². The van der Waals surface area contributed by atoms with Crippen molar-refractivity contribution in [3.05, 3.63) is 0 Å². The van der Waals surface area contributed by atoms with Crippen molar-refractivity contribution < 1.29 is 0 Å². The van der Waals surface area contributed by atoms with Crippen LogP contribution in [0, 0.1) is 46.3 Å². The summed E-state index contributed by atoms with van der Waals surface area (Å²) in [6.45, 7) is 25.4. The highest BCUT2D eigenvalue weighted by atomic mass is 14.9. The lowest BCUT2D eigenvalue weighted by Crippen LogP contribution is -2.58. The number of nitrogens with one attached hydrogen (secondary N) is 1. The van der Waals surface area contributed by atoms with E-state index < -0.39 is 0 Å². The zero-order chi connectivity index (χ0) is 19.2. The minimum Gasteiger partial charge on any atom is -0.312 e. The predicted molar refractivity (Wildman–Crippen MR) is 112 cm³/mol. The molecule has 1 spiro atoms. The van der Waals surface area contributed by atoms with Gasteiger partial charge in [0.2, 0.25) is 0 Å². The van der Waals surface area contributed by atoms with Crippen LogP contribution in [-0.4, -0.2) is 12.1 Å². The molecule has 0 amide bonds. The molecule has 1 saturated heterocycles. The largest absolute Gasteiger partial charge is 0.312 e. The van der Waals surface area contributed by atoms with E-state index in [-0.39, 0.29) is 0 Å². The summed E-state index contributed by atoms with van der Waals surface area (Å²) < 4.78 is 0. The van der Waals surface area contributed by atoms with Gasteiger partial charge < -0.3 is 5.32 Å². The van der Waals surface area contributed by atoms with Gasteiger partial charge >= 0.3 is 0 Å². The van der Waals surface area contributed by atoms with Crippen molar-refractivity contribution in [2.24, 2.45) is 46.3 Å². The SMILES string of the molecule is CC1CC(C)C2(C(C)CC(C)N1)C(C)CC(C)C(C)C(C)CC2(C)C. The molecule has 1 aliphatic carbocycles. The van der Waals surface area contributed by atoms with E-state index in [4.69, 9.17) is 0 Å². The van der Waals surface area contributed by atoms with Gasteiger partial charge in [-0.15, -0.1) is 0 Å². The van der Waals surface area contributed by atoms with Gasteiger partial charge in [-0.25, -0.2) is 0 Å². The van der Waals surface area contributed by atoms with Gasteiger partial charge in [-0.05, 0) is 85.9 Å². The van der Waals surface area contributed by atoms with Crippen molar-refractivity contribution in [3.8, 4) is 0 Å². The maximum Gasteiger partial charge on any atom is 0.00439 e. The fourth-order valence-electron chi connectivity index (χ4n) is 8.23. The van der Waals surface area contributed by atoms with Crippen molar-refractivity contribution >= 4 is 0 Å². The van der Waals surface area contributed by atoms with Gasteiger partial charge in [-0.3, -0.25) is 0 Å². The molecular formula is C24H47N. The molecule has 25 heavy (non-hydrogen) atoms. The van der Waals surface area contributed by atoms with Gasteiger partial charge in [-0.1, -0.05) is 55.4 Å². The first-order valence-electron chi connectivity index (χ1n) is 11.2. The van der Waals surface area contributed by atoms with Crippen molar-refractivity contribution in [1.29, 1.82) is 0 Å². The van der Waals surface area contributed by atoms with E-state index in [1.807, 2.05) is 0 Å². The molecule has 0 aromatic rings. The Kier molecular flexibility index (Phi) is 6.40. The van der Waals surface area contributed by atoms with Gasteiger partial charge in [-0.2, -0.15) is 0 Å². The molecule has 1 nitrogen and oxygen atoms in total. The zero-order valence-corrected chi connectivity index (χ0v) is 18.9. The van der Waals surface area contributed by atoms with Gasteiger partial charge in [0.1, 0.15) is 0 Å². The monoisotopic (exact) mass is 349 g/mol. The fourth-order valence-corrected chi connectivity index (χ4v) is 8.23. The molecule has 148 valence electrons. The van der Waals surface area contributed by atoms with Gasteiger partial charge in [0.25, 0.3) is 0 Å². The molecule has 0 radical (unpaired) electrons. The quantitative estimate of drug-likeness (QED) is 0.509. The van der Waals surface area contributed by atoms with Crippen molar-refractivity contribution in [2.75, 3.05) is 0 Å². The van der Waals surface area contributed by atoms with Crippen LogP contribution in [0.3, 0.4) is 0 Å². The molecule has 1 saturated carbocycles. The summed E-state index contributed by atoms with van der Waals surface area (Å²) in [6, 6.07) is 1.27. The first kappa shape index (κ1) is 21.3. The van der Waals surface area contributed by atoms with Gasteiger partial charge in [0, 0.05) is 12.1 Å². The van der Waals surface area contributed by atoms with E-state index >= 15 is 0 Å². The standard InChI is InChI=1S/C24H47N/c1-15-11-17(3)24(23(9,10)14-16(2)22(15)8)18(4)12-20(6)25-21(7)13-19(24)5/h15-22,25H,11-14H2,1-10H3. The van der Waals surface area contributed by atoms with E-state index in [0.29, 0.717) is 22.9 Å². The lowest BCUT2D eigenvalue weighted by atomic mass is 9.43. The third-order valence-corrected chi connectivity index (χ3v) is 8.95. The van der Waals surface area contributed by atoms with Crippen LogP contribution in [0.15, 0.2) is 0 Å². The number of hydrogen-bond acceptors (Lipinski definition) is 1. The van der Waals surface area contributed by atoms with Crippen molar-refractivity contribution in [2.45, 2.75) is 107 Å². The molecule has 0 bridgehead atoms. The third kappa shape index (κ3) is 3.69. The van der Waals surface area contributed by atoms with E-state index in [2.05, 4.69) is 74.6 Å². The Morgan fingerprint density at radius 1 is 0.640 bits per heavy atom. The van der Waals surface area contributed by atoms with Crippen LogP contribution < -0.4 is 5.32 Å². The molecule has 0 aromatic carbocycles. The average molecular weight is 350 g/mol. The summed E-state index contributed by atoms with van der Waals surface area (Å²) in [6.07, 6.45) is 5.43. The second-order valence-corrected chi connectivity index (χ2v) is 11.2. The molecule has 8 unspecified atom stereocenters. The Morgan fingerprint density at radius 3 is 1.56 bits per heavy atom. The highest BCUT2D eigenvalue weighted by molar-refractivity contribution is 5.06. The Hall–Kier alpha value is -0.0400. The van der Waals surface area contributed by atoms with Gasteiger partial charge in [0.15, 0.2) is 0 Å². The second kappa shape index (κ2) is 7.53. The van der Waals surface area contributed by atoms with Crippen molar-refractivity contribution in [3.63, 3.8) is 0 Å². The molecule has 1 heterocycles. The first-order chi connectivity index (χ1) is 11.4. The predicted octanol–water partition coefficient (Wildman–Crippen LogP) is 6.77. The van der Waals surface area contributed by atoms with Crippen LogP contribution in [0.25, 0.3) is 0 Å². The molecule has 2 aliphatic rings. The highest BCUT2D eigenvalue weighted by Crippen LogP contribution is 2.63. The van der Waals surface area contributed by atoms with Crippen LogP contribution in [0.4, 0.5) is 0 Å². The maximum atomic E-state index is 3.86. The smallest absolute Gasteiger partial charge is 0.00439 e. The molecule has 1 aliphatic heterocycles. The highest BCUT2D eigenvalue weighted by Gasteiger charge is 2.57. The summed E-state index contributed by atoms with van der Waals surface area (Å²) >= 11 is 0. The van der Waals surface area contributed by atoms with E-state index in [1.165, 1.54) is 25.7 Å². The molecule has 1 N–H and O–H groups in total. The van der Waals surface area contributed by atoms with Crippen LogP contribution in [0.2, 0.25) is 0 Å². The summed E-state index contributed by atoms with van der Waals surface area (Å²) in [5, 5.41) is 3.86. The Bertz CT molecular complexity index is 423. The second-order valence-electron chi connectivity index (χ2n) is 11.2. The lowest BCUT2D eigenvalue weighted by molar-refractivity contribution is -0.134. The van der Waals surface area contributed by atoms with Crippen LogP contribution in [-0.2, 0) is 0 Å². The molecule has 2 fully saturated rings. The van der Waals surface area contributed by atoms with Crippen LogP contribution >= 0.6 is 0 Å². The summed E-state index contributed by atoms with van der Waals surface area (Å²) in [5.41, 5.74) is 0.843. The molecule has 8 atom stereocenters. The number of hydrogen-bond donors (Lipinski definition) is 1. The minimum absolute atomic E-state index is 0.399. The van der Waals surface area contributed by atoms with E-state index in [1.54, 1.807) is 0 Å². The topological polar surface area (TPSA) is 12.0 Å². The Labute approximate surface area is 159 Å². The van der Waals surface area contributed by atoms with Crippen LogP contribution in [0.5, 0.6) is 0 Å². The number of rotatable bonds is 0. The normalized spacial score (nSPS) is 52.1. The third-order valence-electron chi connectivity index (χ3n) is 8.95. The summed E-state index contributed by atoms with van der Waals surface area (Å²) in [4.78, 5) is 0. The molecule has 1 heteroatoms. The molecule has 0 aromatic heterocycles. The van der Waals surface area contributed by atoms with E-state index in [9.17, 15) is 0 Å². The first-order valence-corrected chi connectivity index (χ1v) is 11.2. The zero-order valence-electron chi connectivity index (χ0n) is 18.9. The minimum atomic E-state index is 0.399. The molecule has 2 rings (SSSR count). The van der Waals surface area contributed by atoms with Crippen LogP contribution in [0.1, 0.15) is 94.9 Å².